The van der Waals surface area contributed by atoms with E-state index in [0.29, 0.717) is 6.42 Å². The van der Waals surface area contributed by atoms with Crippen molar-refractivity contribution in [3.8, 4) is 0 Å². The number of methoxy groups -OCH3 is 2. The van der Waals surface area contributed by atoms with Crippen LogP contribution in [0, 0.1) is 29.1 Å². The fourth-order valence-corrected chi connectivity index (χ4v) is 3.50. The molecule has 0 aliphatic rings. The SMILES string of the molecule is CCCCCCCCCC(CC(C)c1c(F)c(F)c(F)c(F)c1F)OC(OC)OC. The number of hydrogen-bond donors (Lipinski definition) is 0. The fourth-order valence-electron chi connectivity index (χ4n) is 3.50. The molecule has 3 nitrogen and oxygen atoms in total. The van der Waals surface area contributed by atoms with Crippen LogP contribution < -0.4 is 0 Å². The zero-order valence-corrected chi connectivity index (χ0v) is 18.2. The summed E-state index contributed by atoms with van der Waals surface area (Å²) >= 11 is 0. The lowest BCUT2D eigenvalue weighted by atomic mass is 9.91. The summed E-state index contributed by atoms with van der Waals surface area (Å²) in [4.78, 5) is 0. The van der Waals surface area contributed by atoms with Crippen molar-refractivity contribution in [2.24, 2.45) is 0 Å². The van der Waals surface area contributed by atoms with Crippen LogP contribution in [0.3, 0.4) is 0 Å². The molecule has 0 saturated heterocycles. The maximum Gasteiger partial charge on any atom is 0.271 e. The van der Waals surface area contributed by atoms with Crippen molar-refractivity contribution in [3.63, 3.8) is 0 Å². The third kappa shape index (κ3) is 7.78. The van der Waals surface area contributed by atoms with Gasteiger partial charge in [0, 0.05) is 19.8 Å². The highest BCUT2D eigenvalue weighted by Crippen LogP contribution is 2.33. The van der Waals surface area contributed by atoms with Crippen molar-refractivity contribution in [3.05, 3.63) is 34.6 Å². The lowest BCUT2D eigenvalue weighted by Gasteiger charge is -2.26. The standard InChI is InChI=1S/C22H33F5O3/c1-5-6-7-8-9-10-11-12-15(30-22(28-3)29-4)13-14(2)16-17(23)19(25)21(27)20(26)18(16)24/h14-15,22H,5-13H2,1-4H3. The van der Waals surface area contributed by atoms with Crippen LogP contribution in [0.15, 0.2) is 0 Å². The molecule has 0 fully saturated rings. The molecule has 2 atom stereocenters. The molecular weight excluding hydrogens is 407 g/mol. The van der Waals surface area contributed by atoms with Crippen LogP contribution in [0.25, 0.3) is 0 Å². The van der Waals surface area contributed by atoms with Crippen LogP contribution in [0.1, 0.15) is 83.1 Å². The number of rotatable bonds is 15. The van der Waals surface area contributed by atoms with Gasteiger partial charge in [0.25, 0.3) is 6.48 Å². The van der Waals surface area contributed by atoms with E-state index in [0.717, 1.165) is 25.7 Å². The molecule has 0 heterocycles. The Hall–Kier alpha value is -1.25. The molecular formula is C22H33F5O3. The fraction of sp³-hybridized carbons (Fsp3) is 0.727. The molecule has 2 unspecified atom stereocenters. The Bertz CT molecular complexity index is 609. The molecule has 30 heavy (non-hydrogen) atoms. The number of halogens is 5. The molecule has 1 aromatic carbocycles. The predicted octanol–water partition coefficient (Wildman–Crippen LogP) is 6.98. The number of hydrogen-bond acceptors (Lipinski definition) is 3. The second-order valence-corrected chi connectivity index (χ2v) is 7.55. The summed E-state index contributed by atoms with van der Waals surface area (Å²) in [5.41, 5.74) is -0.828. The van der Waals surface area contributed by atoms with E-state index < -0.39 is 53.1 Å². The Morgan fingerprint density at radius 3 is 1.67 bits per heavy atom. The van der Waals surface area contributed by atoms with E-state index in [1.165, 1.54) is 40.4 Å². The minimum Gasteiger partial charge on any atom is -0.333 e. The van der Waals surface area contributed by atoms with Gasteiger partial charge in [0.05, 0.1) is 6.10 Å². The van der Waals surface area contributed by atoms with Crippen molar-refractivity contribution >= 4 is 0 Å². The van der Waals surface area contributed by atoms with E-state index >= 15 is 0 Å². The molecule has 1 rings (SSSR count). The van der Waals surface area contributed by atoms with Gasteiger partial charge in [-0.25, -0.2) is 22.0 Å². The molecule has 8 heteroatoms. The Kier molecular flexibility index (Phi) is 12.4. The Balaban J connectivity index is 2.83. The molecule has 0 amide bonds. The summed E-state index contributed by atoms with van der Waals surface area (Å²) in [5.74, 6) is -10.6. The average molecular weight is 440 g/mol. The summed E-state index contributed by atoms with van der Waals surface area (Å²) < 4.78 is 84.5. The van der Waals surface area contributed by atoms with E-state index in [1.807, 2.05) is 0 Å². The first-order valence-electron chi connectivity index (χ1n) is 10.5. The molecule has 0 spiro atoms. The van der Waals surface area contributed by atoms with Crippen LogP contribution in [0.4, 0.5) is 22.0 Å². The molecule has 0 aliphatic heterocycles. The monoisotopic (exact) mass is 440 g/mol. The number of unbranched alkanes of at least 4 members (excludes halogenated alkanes) is 6. The summed E-state index contributed by atoms with van der Waals surface area (Å²) in [6.07, 6.45) is 7.60. The van der Waals surface area contributed by atoms with E-state index in [4.69, 9.17) is 14.2 Å². The van der Waals surface area contributed by atoms with E-state index in [1.54, 1.807) is 0 Å². The summed E-state index contributed by atoms with van der Waals surface area (Å²) in [6.45, 7) is 2.58. The van der Waals surface area contributed by atoms with Gasteiger partial charge in [0.2, 0.25) is 5.82 Å². The van der Waals surface area contributed by atoms with Crippen LogP contribution in [0.5, 0.6) is 0 Å². The zero-order chi connectivity index (χ0) is 22.7. The van der Waals surface area contributed by atoms with Crippen molar-refractivity contribution < 1.29 is 36.2 Å². The summed E-state index contributed by atoms with van der Waals surface area (Å²) in [5, 5.41) is 0. The third-order valence-corrected chi connectivity index (χ3v) is 5.17. The van der Waals surface area contributed by atoms with Crippen molar-refractivity contribution in [2.75, 3.05) is 14.2 Å². The molecule has 174 valence electrons. The number of ether oxygens (including phenoxy) is 3. The molecule has 0 saturated carbocycles. The minimum atomic E-state index is -2.16. The molecule has 0 aromatic heterocycles. The summed E-state index contributed by atoms with van der Waals surface area (Å²) in [6, 6.07) is 0. The highest BCUT2D eigenvalue weighted by Gasteiger charge is 2.30. The average Bonchev–Trinajstić information content (AvgIpc) is 2.73. The Morgan fingerprint density at radius 1 is 0.700 bits per heavy atom. The lowest BCUT2D eigenvalue weighted by Crippen LogP contribution is -2.27. The van der Waals surface area contributed by atoms with Crippen LogP contribution in [-0.4, -0.2) is 26.8 Å². The maximum atomic E-state index is 14.1. The van der Waals surface area contributed by atoms with Crippen LogP contribution in [0.2, 0.25) is 0 Å². The van der Waals surface area contributed by atoms with E-state index in [9.17, 15) is 22.0 Å². The van der Waals surface area contributed by atoms with Gasteiger partial charge in [0.15, 0.2) is 23.3 Å². The van der Waals surface area contributed by atoms with E-state index in [-0.39, 0.29) is 6.42 Å². The molecule has 0 radical (unpaired) electrons. The molecule has 1 aromatic rings. The maximum absolute atomic E-state index is 14.1. The van der Waals surface area contributed by atoms with Crippen LogP contribution >= 0.6 is 0 Å². The third-order valence-electron chi connectivity index (χ3n) is 5.17. The van der Waals surface area contributed by atoms with Crippen molar-refractivity contribution in [2.45, 2.75) is 90.1 Å². The first-order valence-corrected chi connectivity index (χ1v) is 10.5. The van der Waals surface area contributed by atoms with Gasteiger partial charge in [-0.15, -0.1) is 0 Å². The second-order valence-electron chi connectivity index (χ2n) is 7.55. The first-order chi connectivity index (χ1) is 14.3. The van der Waals surface area contributed by atoms with Gasteiger partial charge in [-0.2, -0.15) is 0 Å². The van der Waals surface area contributed by atoms with Gasteiger partial charge in [-0.3, -0.25) is 0 Å². The normalized spacial score (nSPS) is 13.8. The first kappa shape index (κ1) is 26.8. The second kappa shape index (κ2) is 13.9. The summed E-state index contributed by atoms with van der Waals surface area (Å²) in [7, 11) is 2.76. The predicted molar refractivity (Wildman–Crippen MR) is 105 cm³/mol. The van der Waals surface area contributed by atoms with Gasteiger partial charge >= 0.3 is 0 Å². The smallest absolute Gasteiger partial charge is 0.271 e. The van der Waals surface area contributed by atoms with Crippen molar-refractivity contribution in [1.82, 2.24) is 0 Å². The zero-order valence-electron chi connectivity index (χ0n) is 18.2. The van der Waals surface area contributed by atoms with Gasteiger partial charge in [-0.05, 0) is 18.8 Å². The lowest BCUT2D eigenvalue weighted by molar-refractivity contribution is -0.285. The quantitative estimate of drug-likeness (QED) is 0.0968. The Labute approximate surface area is 175 Å². The van der Waals surface area contributed by atoms with Crippen molar-refractivity contribution in [1.29, 1.82) is 0 Å². The molecule has 0 bridgehead atoms. The van der Waals surface area contributed by atoms with E-state index in [2.05, 4.69) is 6.92 Å². The highest BCUT2D eigenvalue weighted by molar-refractivity contribution is 5.27. The van der Waals surface area contributed by atoms with Gasteiger partial charge in [0.1, 0.15) is 0 Å². The number of benzene rings is 1. The minimum absolute atomic E-state index is 0.0530. The highest BCUT2D eigenvalue weighted by atomic mass is 19.2. The van der Waals surface area contributed by atoms with Crippen LogP contribution in [-0.2, 0) is 14.2 Å². The molecule has 0 aliphatic carbocycles. The van der Waals surface area contributed by atoms with Gasteiger partial charge < -0.3 is 14.2 Å². The topological polar surface area (TPSA) is 27.7 Å². The largest absolute Gasteiger partial charge is 0.333 e. The van der Waals surface area contributed by atoms with Gasteiger partial charge in [-0.1, -0.05) is 58.8 Å². The molecule has 0 N–H and O–H groups in total. The Morgan fingerprint density at radius 2 is 1.17 bits per heavy atom.